The van der Waals surface area contributed by atoms with Crippen LogP contribution in [0, 0.1) is 11.7 Å². The predicted molar refractivity (Wildman–Crippen MR) is 135 cm³/mol. The van der Waals surface area contributed by atoms with Crippen molar-refractivity contribution in [1.82, 2.24) is 9.55 Å². The number of hydrogen-bond acceptors (Lipinski definition) is 9. The van der Waals surface area contributed by atoms with E-state index in [9.17, 15) is 24.6 Å². The molecule has 0 bridgehead atoms. The van der Waals surface area contributed by atoms with Gasteiger partial charge >= 0.3 is 0 Å². The maximum atomic E-state index is 13.8. The maximum Gasteiger partial charge on any atom is 0.254 e. The first-order valence-electron chi connectivity index (χ1n) is 11.4. The topological polar surface area (TPSA) is 140 Å². The van der Waals surface area contributed by atoms with Gasteiger partial charge in [0.1, 0.15) is 29.9 Å². The van der Waals surface area contributed by atoms with Crippen LogP contribution in [-0.2, 0) is 4.74 Å². The van der Waals surface area contributed by atoms with E-state index in [2.05, 4.69) is 4.98 Å². The molecule has 194 valence electrons. The van der Waals surface area contributed by atoms with E-state index < -0.39 is 41.2 Å². The lowest BCUT2D eigenvalue weighted by molar-refractivity contribution is -0.0913. The standard InChI is InChI=1S/C26H26N2O8S/c1-14-13-28(25(37)27-24(14)32)19-12-26(33,22(31)16-9-5-7-11-18(16)35-3)23(36-19)21(30)20(29)15-8-4-6-10-17(15)34-2/h4-11,13,19,21,23,30,33H,12H2,1-3H3,(H,27,32,37)/t19-,21?,23+,26+/m0/s1. The van der Waals surface area contributed by atoms with Gasteiger partial charge < -0.3 is 24.4 Å². The molecule has 2 aromatic carbocycles. The molecule has 2 heterocycles. The number of aliphatic hydroxyl groups excluding tert-OH is 1. The number of aromatic amines is 1. The molecule has 1 fully saturated rings. The molecular formula is C26H26N2O8S. The van der Waals surface area contributed by atoms with E-state index in [1.807, 2.05) is 0 Å². The van der Waals surface area contributed by atoms with Crippen LogP contribution in [0.4, 0.5) is 0 Å². The number of hydrogen-bond donors (Lipinski definition) is 3. The first-order valence-corrected chi connectivity index (χ1v) is 11.8. The highest BCUT2D eigenvalue weighted by Gasteiger charge is 2.58. The van der Waals surface area contributed by atoms with Crippen molar-refractivity contribution < 1.29 is 34.0 Å². The Morgan fingerprint density at radius 2 is 1.68 bits per heavy atom. The Hall–Kier alpha value is -3.64. The van der Waals surface area contributed by atoms with Gasteiger partial charge in [-0.25, -0.2) is 0 Å². The van der Waals surface area contributed by atoms with Crippen LogP contribution in [0.15, 0.2) is 59.5 Å². The quantitative estimate of drug-likeness (QED) is 0.298. The average Bonchev–Trinajstić information content (AvgIpc) is 3.27. The van der Waals surface area contributed by atoms with Crippen molar-refractivity contribution in [3.05, 3.63) is 86.5 Å². The number of carbonyl (C=O) groups excluding carboxylic acids is 2. The summed E-state index contributed by atoms with van der Waals surface area (Å²) in [5.74, 6) is -1.21. The molecule has 4 atom stereocenters. The van der Waals surface area contributed by atoms with E-state index in [1.165, 1.54) is 37.1 Å². The molecule has 1 aliphatic heterocycles. The number of ether oxygens (including phenoxy) is 3. The van der Waals surface area contributed by atoms with E-state index in [-0.39, 0.29) is 33.8 Å². The third-order valence-electron chi connectivity index (χ3n) is 6.39. The Kier molecular flexibility index (Phi) is 7.42. The van der Waals surface area contributed by atoms with Crippen LogP contribution in [0.5, 0.6) is 11.5 Å². The van der Waals surface area contributed by atoms with Gasteiger partial charge in [0.05, 0.1) is 25.3 Å². The van der Waals surface area contributed by atoms with Crippen molar-refractivity contribution >= 4 is 23.8 Å². The number of carbonyl (C=O) groups is 2. The van der Waals surface area contributed by atoms with Crippen LogP contribution < -0.4 is 15.0 Å². The molecule has 37 heavy (non-hydrogen) atoms. The van der Waals surface area contributed by atoms with Gasteiger partial charge in [0.2, 0.25) is 5.78 Å². The van der Waals surface area contributed by atoms with Crippen LogP contribution in [0.25, 0.3) is 0 Å². The van der Waals surface area contributed by atoms with Crippen molar-refractivity contribution in [3.63, 3.8) is 0 Å². The SMILES string of the molecule is COc1ccccc1C(=O)C(O)[C@H]1O[C@H](n2cc(C)c(=O)[nH]c2=S)C[C@@]1(O)C(=O)c1ccccc1OC. The van der Waals surface area contributed by atoms with Crippen molar-refractivity contribution in [1.29, 1.82) is 0 Å². The van der Waals surface area contributed by atoms with Gasteiger partial charge in [-0.05, 0) is 43.4 Å². The minimum atomic E-state index is -2.37. The Labute approximate surface area is 217 Å². The third-order valence-corrected chi connectivity index (χ3v) is 6.70. The van der Waals surface area contributed by atoms with Crippen molar-refractivity contribution in [2.45, 2.75) is 37.4 Å². The fourth-order valence-corrected chi connectivity index (χ4v) is 4.71. The molecule has 4 rings (SSSR count). The second kappa shape index (κ2) is 10.4. The highest BCUT2D eigenvalue weighted by atomic mass is 32.1. The zero-order valence-corrected chi connectivity index (χ0v) is 21.2. The molecule has 1 aliphatic rings. The van der Waals surface area contributed by atoms with E-state index >= 15 is 0 Å². The van der Waals surface area contributed by atoms with Crippen LogP contribution in [0.1, 0.15) is 38.9 Å². The lowest BCUT2D eigenvalue weighted by Gasteiger charge is -2.30. The Morgan fingerprint density at radius 1 is 1.11 bits per heavy atom. The smallest absolute Gasteiger partial charge is 0.254 e. The minimum Gasteiger partial charge on any atom is -0.496 e. The van der Waals surface area contributed by atoms with Gasteiger partial charge in [0, 0.05) is 18.2 Å². The largest absolute Gasteiger partial charge is 0.496 e. The number of benzene rings is 2. The highest BCUT2D eigenvalue weighted by molar-refractivity contribution is 7.71. The molecular weight excluding hydrogens is 500 g/mol. The summed E-state index contributed by atoms with van der Waals surface area (Å²) < 4.78 is 17.9. The zero-order valence-electron chi connectivity index (χ0n) is 20.3. The van der Waals surface area contributed by atoms with E-state index in [0.29, 0.717) is 5.56 Å². The van der Waals surface area contributed by atoms with Crippen molar-refractivity contribution in [2.24, 2.45) is 0 Å². The number of para-hydroxylation sites is 2. The fourth-order valence-electron chi connectivity index (χ4n) is 4.44. The normalized spacial score (nSPS) is 21.9. The predicted octanol–water partition coefficient (Wildman–Crippen LogP) is 2.38. The van der Waals surface area contributed by atoms with E-state index in [1.54, 1.807) is 43.3 Å². The first kappa shape index (κ1) is 26.4. The highest BCUT2D eigenvalue weighted by Crippen LogP contribution is 2.42. The first-order chi connectivity index (χ1) is 17.6. The molecule has 1 aromatic heterocycles. The molecule has 3 aromatic rings. The number of nitrogens with zero attached hydrogens (tertiary/aromatic N) is 1. The Bertz CT molecular complexity index is 1470. The molecule has 3 N–H and O–H groups in total. The molecule has 0 spiro atoms. The number of aromatic nitrogens is 2. The lowest BCUT2D eigenvalue weighted by Crippen LogP contribution is -2.53. The molecule has 10 nitrogen and oxygen atoms in total. The average molecular weight is 527 g/mol. The van der Waals surface area contributed by atoms with E-state index in [4.69, 9.17) is 26.4 Å². The number of aryl methyl sites for hydroxylation is 1. The second-order valence-corrected chi connectivity index (χ2v) is 9.04. The monoisotopic (exact) mass is 526 g/mol. The lowest BCUT2D eigenvalue weighted by atomic mass is 9.82. The molecule has 0 radical (unpaired) electrons. The van der Waals surface area contributed by atoms with Gasteiger partial charge in [-0.15, -0.1) is 0 Å². The summed E-state index contributed by atoms with van der Waals surface area (Å²) in [6.45, 7) is 1.56. The van der Waals surface area contributed by atoms with Crippen molar-refractivity contribution in [2.75, 3.05) is 14.2 Å². The summed E-state index contributed by atoms with van der Waals surface area (Å²) in [7, 11) is 2.76. The fraction of sp³-hybridized carbons (Fsp3) is 0.308. The molecule has 0 saturated carbocycles. The van der Waals surface area contributed by atoms with Crippen LogP contribution in [0.2, 0.25) is 0 Å². The van der Waals surface area contributed by atoms with Gasteiger partial charge in [0.25, 0.3) is 5.56 Å². The van der Waals surface area contributed by atoms with Crippen LogP contribution in [0.3, 0.4) is 0 Å². The number of aliphatic hydroxyl groups is 2. The van der Waals surface area contributed by atoms with Crippen LogP contribution in [-0.4, -0.2) is 63.4 Å². The van der Waals surface area contributed by atoms with Gasteiger partial charge in [-0.1, -0.05) is 24.3 Å². The van der Waals surface area contributed by atoms with Gasteiger partial charge in [-0.2, -0.15) is 0 Å². The maximum absolute atomic E-state index is 13.8. The van der Waals surface area contributed by atoms with Gasteiger partial charge in [-0.3, -0.25) is 23.9 Å². The molecule has 1 unspecified atom stereocenters. The summed E-state index contributed by atoms with van der Waals surface area (Å²) in [4.78, 5) is 41.6. The minimum absolute atomic E-state index is 0.0149. The molecule has 11 heteroatoms. The van der Waals surface area contributed by atoms with Crippen molar-refractivity contribution in [3.8, 4) is 11.5 Å². The van der Waals surface area contributed by atoms with E-state index in [0.717, 1.165) is 0 Å². The van der Waals surface area contributed by atoms with Gasteiger partial charge in [0.15, 0.2) is 16.2 Å². The Morgan fingerprint density at radius 3 is 2.30 bits per heavy atom. The second-order valence-electron chi connectivity index (χ2n) is 8.66. The third kappa shape index (κ3) is 4.74. The summed E-state index contributed by atoms with van der Waals surface area (Å²) >= 11 is 5.27. The number of methoxy groups -OCH3 is 2. The number of rotatable bonds is 8. The number of H-pyrrole nitrogens is 1. The summed E-state index contributed by atoms with van der Waals surface area (Å²) in [5.41, 5.74) is -2.36. The summed E-state index contributed by atoms with van der Waals surface area (Å²) in [5, 5.41) is 23.1. The number of Topliss-reactive ketones (excluding diaryl/α,β-unsaturated/α-hetero) is 2. The summed E-state index contributed by atoms with van der Waals surface area (Å²) in [6, 6.07) is 12.5. The molecule has 0 aliphatic carbocycles. The number of nitrogens with one attached hydrogen (secondary N) is 1. The Balaban J connectivity index is 1.81. The number of ketones is 2. The van der Waals surface area contributed by atoms with Crippen LogP contribution >= 0.6 is 12.2 Å². The summed E-state index contributed by atoms with van der Waals surface area (Å²) in [6.07, 6.45) is -3.68. The molecule has 1 saturated heterocycles. The zero-order chi connectivity index (χ0) is 26.9. The molecule has 0 amide bonds.